The van der Waals surface area contributed by atoms with Gasteiger partial charge in [0.25, 0.3) is 0 Å². The zero-order valence-electron chi connectivity index (χ0n) is 9.86. The number of rotatable bonds is 3. The fourth-order valence-corrected chi connectivity index (χ4v) is 1.94. The molecule has 0 aliphatic heterocycles. The monoisotopic (exact) mass is 223 g/mol. The largest absolute Gasteiger partial charge is 0.391 e. The zero-order chi connectivity index (χ0) is 11.8. The maximum Gasteiger partial charge on any atom is 0.244 e. The molecule has 2 atom stereocenters. The predicted octanol–water partition coefficient (Wildman–Crippen LogP) is 1.93. The number of amides is 1. The van der Waals surface area contributed by atoms with E-state index >= 15 is 0 Å². The molecule has 1 amide bonds. The lowest BCUT2D eigenvalue weighted by Gasteiger charge is -2.20. The van der Waals surface area contributed by atoms with Gasteiger partial charge in [0.1, 0.15) is 0 Å². The second-order valence-electron chi connectivity index (χ2n) is 4.21. The summed E-state index contributed by atoms with van der Waals surface area (Å²) in [6.45, 7) is 1.90. The summed E-state index contributed by atoms with van der Waals surface area (Å²) in [5.41, 5.74) is 0. The molecular formula is C13H21NO2. The number of carbonyl (C=O) groups is 1. The van der Waals surface area contributed by atoms with E-state index in [0.29, 0.717) is 0 Å². The van der Waals surface area contributed by atoms with Crippen molar-refractivity contribution in [2.24, 2.45) is 0 Å². The second-order valence-corrected chi connectivity index (χ2v) is 4.21. The van der Waals surface area contributed by atoms with Gasteiger partial charge >= 0.3 is 0 Å². The van der Waals surface area contributed by atoms with Crippen LogP contribution in [0.1, 0.15) is 39.0 Å². The Kier molecular flexibility index (Phi) is 5.86. The van der Waals surface area contributed by atoms with Gasteiger partial charge in [-0.3, -0.25) is 4.79 Å². The number of nitrogens with one attached hydrogen (secondary N) is 1. The van der Waals surface area contributed by atoms with E-state index in [1.165, 1.54) is 6.08 Å². The summed E-state index contributed by atoms with van der Waals surface area (Å²) in [5.74, 6) is -0.121. The van der Waals surface area contributed by atoms with E-state index in [4.69, 9.17) is 0 Å². The maximum absolute atomic E-state index is 11.5. The Morgan fingerprint density at radius 3 is 2.75 bits per heavy atom. The van der Waals surface area contributed by atoms with E-state index in [1.54, 1.807) is 6.08 Å². The molecule has 3 nitrogen and oxygen atoms in total. The van der Waals surface area contributed by atoms with Crippen LogP contribution in [-0.2, 0) is 4.79 Å². The fourth-order valence-electron chi connectivity index (χ4n) is 1.94. The molecular weight excluding hydrogens is 202 g/mol. The molecule has 0 aromatic rings. The molecule has 0 spiro atoms. The van der Waals surface area contributed by atoms with Crippen molar-refractivity contribution in [2.45, 2.75) is 51.2 Å². The van der Waals surface area contributed by atoms with E-state index in [9.17, 15) is 9.90 Å². The maximum atomic E-state index is 11.5. The van der Waals surface area contributed by atoms with Gasteiger partial charge in [0, 0.05) is 6.08 Å². The van der Waals surface area contributed by atoms with Crippen LogP contribution in [0, 0.1) is 0 Å². The van der Waals surface area contributed by atoms with Crippen molar-refractivity contribution < 1.29 is 9.90 Å². The highest BCUT2D eigenvalue weighted by atomic mass is 16.3. The third-order valence-electron chi connectivity index (χ3n) is 2.86. The molecule has 0 radical (unpaired) electrons. The molecule has 0 aromatic heterocycles. The third kappa shape index (κ3) is 4.62. The van der Waals surface area contributed by atoms with Crippen molar-refractivity contribution in [1.29, 1.82) is 0 Å². The SMILES string of the molecule is CC=CC=CC(=O)NC1CCCCCC1O. The summed E-state index contributed by atoms with van der Waals surface area (Å²) < 4.78 is 0. The van der Waals surface area contributed by atoms with Gasteiger partial charge in [0.05, 0.1) is 12.1 Å². The summed E-state index contributed by atoms with van der Waals surface area (Å²) >= 11 is 0. The molecule has 0 aromatic carbocycles. The van der Waals surface area contributed by atoms with Gasteiger partial charge in [-0.25, -0.2) is 0 Å². The summed E-state index contributed by atoms with van der Waals surface area (Å²) in [7, 11) is 0. The molecule has 16 heavy (non-hydrogen) atoms. The van der Waals surface area contributed by atoms with E-state index in [1.807, 2.05) is 19.1 Å². The molecule has 0 heterocycles. The van der Waals surface area contributed by atoms with Crippen LogP contribution in [0.3, 0.4) is 0 Å². The van der Waals surface area contributed by atoms with Gasteiger partial charge in [-0.2, -0.15) is 0 Å². The van der Waals surface area contributed by atoms with Crippen molar-refractivity contribution in [3.8, 4) is 0 Å². The lowest BCUT2D eigenvalue weighted by Crippen LogP contribution is -2.41. The van der Waals surface area contributed by atoms with Crippen LogP contribution >= 0.6 is 0 Å². The minimum absolute atomic E-state index is 0.0785. The Bertz CT molecular complexity index is 271. The van der Waals surface area contributed by atoms with Crippen LogP contribution in [0.4, 0.5) is 0 Å². The molecule has 2 unspecified atom stereocenters. The van der Waals surface area contributed by atoms with Crippen molar-refractivity contribution >= 4 is 5.91 Å². The first kappa shape index (κ1) is 13.0. The van der Waals surface area contributed by atoms with Crippen molar-refractivity contribution in [2.75, 3.05) is 0 Å². The van der Waals surface area contributed by atoms with Gasteiger partial charge in [-0.1, -0.05) is 37.5 Å². The molecule has 1 fully saturated rings. The molecule has 1 rings (SSSR count). The molecule has 2 N–H and O–H groups in total. The fraction of sp³-hybridized carbons (Fsp3) is 0.615. The van der Waals surface area contributed by atoms with E-state index in [-0.39, 0.29) is 18.1 Å². The zero-order valence-corrected chi connectivity index (χ0v) is 9.86. The molecule has 1 aliphatic carbocycles. The van der Waals surface area contributed by atoms with Crippen LogP contribution in [-0.4, -0.2) is 23.2 Å². The van der Waals surface area contributed by atoms with Gasteiger partial charge in [-0.05, 0) is 19.8 Å². The highest BCUT2D eigenvalue weighted by molar-refractivity contribution is 5.88. The molecule has 3 heteroatoms. The highest BCUT2D eigenvalue weighted by Gasteiger charge is 2.22. The summed E-state index contributed by atoms with van der Waals surface area (Å²) in [5, 5.41) is 12.7. The standard InChI is InChI=1S/C13H21NO2/c1-2-3-5-10-13(16)14-11-8-6-4-7-9-12(11)15/h2-3,5,10-12,15H,4,6-9H2,1H3,(H,14,16). The van der Waals surface area contributed by atoms with Gasteiger partial charge in [0.2, 0.25) is 5.91 Å². The Balaban J connectivity index is 2.41. The van der Waals surface area contributed by atoms with Crippen molar-refractivity contribution in [3.05, 3.63) is 24.3 Å². The molecule has 1 aliphatic rings. The van der Waals surface area contributed by atoms with Crippen LogP contribution in [0.25, 0.3) is 0 Å². The topological polar surface area (TPSA) is 49.3 Å². The highest BCUT2D eigenvalue weighted by Crippen LogP contribution is 2.17. The van der Waals surface area contributed by atoms with Crippen LogP contribution in [0.2, 0.25) is 0 Å². The molecule has 0 saturated heterocycles. The Hall–Kier alpha value is -1.09. The van der Waals surface area contributed by atoms with Gasteiger partial charge < -0.3 is 10.4 Å². The van der Waals surface area contributed by atoms with E-state index in [2.05, 4.69) is 5.32 Å². The summed E-state index contributed by atoms with van der Waals surface area (Å²) in [6, 6.07) is -0.0785. The minimum Gasteiger partial charge on any atom is -0.391 e. The van der Waals surface area contributed by atoms with Crippen LogP contribution < -0.4 is 5.32 Å². The molecule has 90 valence electrons. The number of aliphatic hydroxyl groups excluding tert-OH is 1. The number of carbonyl (C=O) groups excluding carboxylic acids is 1. The Morgan fingerprint density at radius 1 is 1.25 bits per heavy atom. The average molecular weight is 223 g/mol. The first-order valence-corrected chi connectivity index (χ1v) is 6.02. The third-order valence-corrected chi connectivity index (χ3v) is 2.86. The predicted molar refractivity (Wildman–Crippen MR) is 65.0 cm³/mol. The number of allylic oxidation sites excluding steroid dienone is 3. The number of hydrogen-bond acceptors (Lipinski definition) is 2. The Morgan fingerprint density at radius 2 is 2.00 bits per heavy atom. The first-order valence-electron chi connectivity index (χ1n) is 6.02. The summed E-state index contributed by atoms with van der Waals surface area (Å²) in [4.78, 5) is 11.5. The van der Waals surface area contributed by atoms with E-state index in [0.717, 1.165) is 32.1 Å². The lowest BCUT2D eigenvalue weighted by atomic mass is 10.1. The molecule has 0 bridgehead atoms. The lowest BCUT2D eigenvalue weighted by molar-refractivity contribution is -0.118. The number of aliphatic hydroxyl groups is 1. The average Bonchev–Trinajstić information content (AvgIpc) is 2.45. The smallest absolute Gasteiger partial charge is 0.244 e. The summed E-state index contributed by atoms with van der Waals surface area (Å²) in [6.07, 6.45) is 11.5. The van der Waals surface area contributed by atoms with Crippen molar-refractivity contribution in [3.63, 3.8) is 0 Å². The Labute approximate surface area is 97.2 Å². The van der Waals surface area contributed by atoms with Gasteiger partial charge in [0.15, 0.2) is 0 Å². The second kappa shape index (κ2) is 7.23. The van der Waals surface area contributed by atoms with Crippen LogP contribution in [0.5, 0.6) is 0 Å². The van der Waals surface area contributed by atoms with Crippen molar-refractivity contribution in [1.82, 2.24) is 5.32 Å². The quantitative estimate of drug-likeness (QED) is 0.436. The van der Waals surface area contributed by atoms with Gasteiger partial charge in [-0.15, -0.1) is 0 Å². The van der Waals surface area contributed by atoms with E-state index < -0.39 is 0 Å². The normalized spacial score (nSPS) is 27.1. The number of hydrogen-bond donors (Lipinski definition) is 2. The molecule has 1 saturated carbocycles. The minimum atomic E-state index is -0.387. The first-order chi connectivity index (χ1) is 7.74. The van der Waals surface area contributed by atoms with Crippen LogP contribution in [0.15, 0.2) is 24.3 Å².